The Balaban J connectivity index is 1.71. The standard InChI is InChI=1S/C15H28/c1-4-5-6-7-8-13-12(3)15-11(2)9-10-14(13)15/h11-15H,4-10H2,1-3H3. The van der Waals surface area contributed by atoms with E-state index in [0.717, 1.165) is 29.6 Å². The summed E-state index contributed by atoms with van der Waals surface area (Å²) in [6.07, 6.45) is 10.4. The Morgan fingerprint density at radius 2 is 1.80 bits per heavy atom. The van der Waals surface area contributed by atoms with Gasteiger partial charge in [0.2, 0.25) is 0 Å². The molecule has 2 rings (SSSR count). The molecule has 0 aromatic carbocycles. The molecule has 5 atom stereocenters. The van der Waals surface area contributed by atoms with Crippen LogP contribution in [-0.2, 0) is 0 Å². The SMILES string of the molecule is CCCCCCC1C(C)C2C(C)CCC12. The van der Waals surface area contributed by atoms with Crippen LogP contribution < -0.4 is 0 Å². The fourth-order valence-electron chi connectivity index (χ4n) is 4.48. The van der Waals surface area contributed by atoms with E-state index in [2.05, 4.69) is 20.8 Å². The second-order valence-corrected chi connectivity index (χ2v) is 6.17. The molecular weight excluding hydrogens is 180 g/mol. The lowest BCUT2D eigenvalue weighted by molar-refractivity contribution is -0.0121. The summed E-state index contributed by atoms with van der Waals surface area (Å²) in [7, 11) is 0. The number of fused-ring (bicyclic) bond motifs is 1. The number of unbranched alkanes of at least 4 members (excludes halogenated alkanes) is 3. The predicted molar refractivity (Wildman–Crippen MR) is 66.8 cm³/mol. The van der Waals surface area contributed by atoms with Gasteiger partial charge in [-0.25, -0.2) is 0 Å². The summed E-state index contributed by atoms with van der Waals surface area (Å²) in [6, 6.07) is 0. The molecular formula is C15H28. The van der Waals surface area contributed by atoms with Crippen molar-refractivity contribution in [3.05, 3.63) is 0 Å². The molecule has 0 aromatic heterocycles. The second kappa shape index (κ2) is 4.89. The average molecular weight is 208 g/mol. The van der Waals surface area contributed by atoms with Crippen LogP contribution in [0.3, 0.4) is 0 Å². The van der Waals surface area contributed by atoms with Gasteiger partial charge in [-0.2, -0.15) is 0 Å². The van der Waals surface area contributed by atoms with Crippen molar-refractivity contribution in [2.45, 2.75) is 65.7 Å². The average Bonchev–Trinajstić information content (AvgIpc) is 2.55. The Labute approximate surface area is 95.8 Å². The van der Waals surface area contributed by atoms with E-state index < -0.39 is 0 Å². The van der Waals surface area contributed by atoms with Gasteiger partial charge in [-0.15, -0.1) is 0 Å². The zero-order valence-electron chi connectivity index (χ0n) is 10.8. The van der Waals surface area contributed by atoms with Crippen LogP contribution in [0.15, 0.2) is 0 Å². The molecule has 0 nitrogen and oxygen atoms in total. The Morgan fingerprint density at radius 3 is 2.53 bits per heavy atom. The van der Waals surface area contributed by atoms with Crippen LogP contribution in [0.4, 0.5) is 0 Å². The summed E-state index contributed by atoms with van der Waals surface area (Å²) >= 11 is 0. The maximum Gasteiger partial charge on any atom is -0.0329 e. The molecule has 2 saturated carbocycles. The lowest BCUT2D eigenvalue weighted by atomic mass is 9.56. The minimum atomic E-state index is 1.04. The molecule has 0 aromatic rings. The summed E-state index contributed by atoms with van der Waals surface area (Å²) in [6.45, 7) is 7.31. The van der Waals surface area contributed by atoms with E-state index >= 15 is 0 Å². The van der Waals surface area contributed by atoms with Gasteiger partial charge in [0.25, 0.3) is 0 Å². The summed E-state index contributed by atoms with van der Waals surface area (Å²) in [5, 5.41) is 0. The molecule has 88 valence electrons. The first-order chi connectivity index (χ1) is 7.25. The smallest absolute Gasteiger partial charge is 0.0329 e. The van der Waals surface area contributed by atoms with Gasteiger partial charge in [-0.05, 0) is 42.4 Å². The first-order valence-electron chi connectivity index (χ1n) is 7.25. The highest BCUT2D eigenvalue weighted by Gasteiger charge is 2.51. The minimum absolute atomic E-state index is 1.04. The fraction of sp³-hybridized carbons (Fsp3) is 1.00. The monoisotopic (exact) mass is 208 g/mol. The Bertz CT molecular complexity index is 196. The maximum atomic E-state index is 2.52. The Kier molecular flexibility index (Phi) is 3.74. The highest BCUT2D eigenvalue weighted by molar-refractivity contribution is 5.00. The van der Waals surface area contributed by atoms with Gasteiger partial charge in [-0.3, -0.25) is 0 Å². The van der Waals surface area contributed by atoms with Crippen molar-refractivity contribution in [2.24, 2.45) is 29.6 Å². The van der Waals surface area contributed by atoms with Crippen molar-refractivity contribution < 1.29 is 0 Å². The van der Waals surface area contributed by atoms with Crippen LogP contribution in [0, 0.1) is 29.6 Å². The van der Waals surface area contributed by atoms with Gasteiger partial charge < -0.3 is 0 Å². The summed E-state index contributed by atoms with van der Waals surface area (Å²) in [5.74, 6) is 5.45. The Hall–Kier alpha value is 0. The zero-order chi connectivity index (χ0) is 10.8. The number of rotatable bonds is 5. The predicted octanol–water partition coefficient (Wildman–Crippen LogP) is 4.89. The van der Waals surface area contributed by atoms with Crippen LogP contribution >= 0.6 is 0 Å². The van der Waals surface area contributed by atoms with Crippen molar-refractivity contribution in [2.75, 3.05) is 0 Å². The van der Waals surface area contributed by atoms with E-state index in [4.69, 9.17) is 0 Å². The van der Waals surface area contributed by atoms with Crippen molar-refractivity contribution in [3.8, 4) is 0 Å². The molecule has 0 spiro atoms. The molecule has 0 saturated heterocycles. The normalized spacial score (nSPS) is 43.8. The first kappa shape index (κ1) is 11.5. The molecule has 2 aliphatic rings. The van der Waals surface area contributed by atoms with Gasteiger partial charge in [-0.1, -0.05) is 52.9 Å². The highest BCUT2D eigenvalue weighted by atomic mass is 14.6. The van der Waals surface area contributed by atoms with E-state index in [9.17, 15) is 0 Å². The highest BCUT2D eigenvalue weighted by Crippen LogP contribution is 2.59. The van der Waals surface area contributed by atoms with Crippen molar-refractivity contribution in [3.63, 3.8) is 0 Å². The molecule has 0 amide bonds. The van der Waals surface area contributed by atoms with Gasteiger partial charge >= 0.3 is 0 Å². The van der Waals surface area contributed by atoms with Crippen LogP contribution in [0.1, 0.15) is 65.7 Å². The zero-order valence-corrected chi connectivity index (χ0v) is 10.8. The van der Waals surface area contributed by atoms with Gasteiger partial charge in [0.05, 0.1) is 0 Å². The van der Waals surface area contributed by atoms with E-state index in [1.807, 2.05) is 0 Å². The molecule has 0 radical (unpaired) electrons. The molecule has 15 heavy (non-hydrogen) atoms. The van der Waals surface area contributed by atoms with Crippen LogP contribution in [0.5, 0.6) is 0 Å². The second-order valence-electron chi connectivity index (χ2n) is 6.17. The molecule has 0 aliphatic heterocycles. The third kappa shape index (κ3) is 2.10. The molecule has 2 fully saturated rings. The van der Waals surface area contributed by atoms with E-state index in [-0.39, 0.29) is 0 Å². The summed E-state index contributed by atoms with van der Waals surface area (Å²) < 4.78 is 0. The van der Waals surface area contributed by atoms with Crippen molar-refractivity contribution in [1.29, 1.82) is 0 Å². The molecule has 0 heteroatoms. The van der Waals surface area contributed by atoms with Crippen LogP contribution in [-0.4, -0.2) is 0 Å². The van der Waals surface area contributed by atoms with Gasteiger partial charge in [0.15, 0.2) is 0 Å². The first-order valence-corrected chi connectivity index (χ1v) is 7.25. The van der Waals surface area contributed by atoms with Crippen molar-refractivity contribution >= 4 is 0 Å². The molecule has 5 unspecified atom stereocenters. The van der Waals surface area contributed by atoms with Crippen LogP contribution in [0.25, 0.3) is 0 Å². The molecule has 0 N–H and O–H groups in total. The molecule has 2 aliphatic carbocycles. The van der Waals surface area contributed by atoms with Crippen molar-refractivity contribution in [1.82, 2.24) is 0 Å². The molecule has 0 heterocycles. The van der Waals surface area contributed by atoms with E-state index in [1.165, 1.54) is 38.5 Å². The van der Waals surface area contributed by atoms with E-state index in [0.29, 0.717) is 0 Å². The molecule has 0 bridgehead atoms. The summed E-state index contributed by atoms with van der Waals surface area (Å²) in [5.41, 5.74) is 0. The van der Waals surface area contributed by atoms with Crippen LogP contribution in [0.2, 0.25) is 0 Å². The third-order valence-electron chi connectivity index (χ3n) is 5.33. The Morgan fingerprint density at radius 1 is 1.00 bits per heavy atom. The lowest BCUT2D eigenvalue weighted by Crippen LogP contribution is -2.44. The van der Waals surface area contributed by atoms with E-state index in [1.54, 1.807) is 6.42 Å². The quantitative estimate of drug-likeness (QED) is 0.565. The minimum Gasteiger partial charge on any atom is -0.0654 e. The third-order valence-corrected chi connectivity index (χ3v) is 5.33. The maximum absolute atomic E-state index is 2.52. The topological polar surface area (TPSA) is 0 Å². The largest absolute Gasteiger partial charge is 0.0654 e. The van der Waals surface area contributed by atoms with Gasteiger partial charge in [0, 0.05) is 0 Å². The van der Waals surface area contributed by atoms with Gasteiger partial charge in [0.1, 0.15) is 0 Å². The summed E-state index contributed by atoms with van der Waals surface area (Å²) in [4.78, 5) is 0. The number of hydrogen-bond donors (Lipinski definition) is 0. The number of hydrogen-bond acceptors (Lipinski definition) is 0. The fourth-order valence-corrected chi connectivity index (χ4v) is 4.48. The lowest BCUT2D eigenvalue weighted by Gasteiger charge is -2.49.